The van der Waals surface area contributed by atoms with Crippen LogP contribution < -0.4 is 5.32 Å². The fourth-order valence-corrected chi connectivity index (χ4v) is 2.44. The van der Waals surface area contributed by atoms with Gasteiger partial charge < -0.3 is 14.7 Å². The number of hydrogen-bond donors (Lipinski definition) is 1. The zero-order chi connectivity index (χ0) is 15.9. The van der Waals surface area contributed by atoms with E-state index in [-0.39, 0.29) is 5.56 Å². The number of nitrogens with zero attached hydrogens (tertiary/aromatic N) is 3. The Bertz CT molecular complexity index is 675. The van der Waals surface area contributed by atoms with Gasteiger partial charge in [0.1, 0.15) is 17.9 Å². The molecule has 2 rings (SSSR count). The lowest BCUT2D eigenvalue weighted by atomic mass is 10.2. The molecular formula is C14H15FN4O2S. The van der Waals surface area contributed by atoms with E-state index >= 15 is 0 Å². The van der Waals surface area contributed by atoms with E-state index in [2.05, 4.69) is 15.5 Å². The Hall–Kier alpha value is -2.22. The molecule has 0 aliphatic heterocycles. The Morgan fingerprint density at radius 3 is 2.91 bits per heavy atom. The van der Waals surface area contributed by atoms with Crippen molar-refractivity contribution in [3.05, 3.63) is 41.5 Å². The highest BCUT2D eigenvalue weighted by atomic mass is 32.2. The molecule has 22 heavy (non-hydrogen) atoms. The number of hydrogen-bond acceptors (Lipinski definition) is 5. The minimum Gasteiger partial charge on any atom is -0.351 e. The summed E-state index contributed by atoms with van der Waals surface area (Å²) in [5.41, 5.74) is 0.0164. The molecule has 0 spiro atoms. The number of aromatic nitrogens is 3. The Balaban J connectivity index is 1.89. The minimum absolute atomic E-state index is 0.0164. The molecule has 0 atom stereocenters. The highest BCUT2D eigenvalue weighted by molar-refractivity contribution is 7.99. The highest BCUT2D eigenvalue weighted by Crippen LogP contribution is 2.14. The molecule has 6 nitrogen and oxygen atoms in total. The van der Waals surface area contributed by atoms with Crippen molar-refractivity contribution >= 4 is 24.0 Å². The molecule has 8 heteroatoms. The van der Waals surface area contributed by atoms with Crippen molar-refractivity contribution in [1.82, 2.24) is 20.1 Å². The van der Waals surface area contributed by atoms with Gasteiger partial charge in [-0.15, -0.1) is 10.2 Å². The molecule has 0 aliphatic carbocycles. The first-order valence-electron chi connectivity index (χ1n) is 6.61. The van der Waals surface area contributed by atoms with Crippen molar-refractivity contribution < 1.29 is 14.0 Å². The molecule has 0 saturated carbocycles. The third-order valence-electron chi connectivity index (χ3n) is 2.96. The lowest BCUT2D eigenvalue weighted by molar-refractivity contribution is -0.105. The van der Waals surface area contributed by atoms with Gasteiger partial charge in [0.2, 0.25) is 0 Å². The maximum atomic E-state index is 13.5. The average molecular weight is 322 g/mol. The fraction of sp³-hybridized carbons (Fsp3) is 0.286. The van der Waals surface area contributed by atoms with E-state index in [1.807, 2.05) is 0 Å². The van der Waals surface area contributed by atoms with Crippen molar-refractivity contribution in [2.75, 3.05) is 12.3 Å². The quantitative estimate of drug-likeness (QED) is 0.612. The van der Waals surface area contributed by atoms with Crippen LogP contribution >= 0.6 is 11.8 Å². The zero-order valence-electron chi connectivity index (χ0n) is 12.0. The standard InChI is InChI=1S/C14H15FN4O2S/c1-19-12(17-18-14(19)22-9-8-20)6-7-16-13(21)10-4-2-3-5-11(10)15/h2-5,8H,6-7,9H2,1H3,(H,16,21). The second-order valence-corrected chi connectivity index (χ2v) is 5.41. The molecule has 1 N–H and O–H groups in total. The number of carbonyl (C=O) groups is 2. The number of benzene rings is 1. The maximum absolute atomic E-state index is 13.5. The molecule has 0 bridgehead atoms. The molecule has 0 fully saturated rings. The van der Waals surface area contributed by atoms with Gasteiger partial charge in [-0.05, 0) is 12.1 Å². The topological polar surface area (TPSA) is 76.9 Å². The van der Waals surface area contributed by atoms with Crippen LogP contribution in [0.15, 0.2) is 29.4 Å². The van der Waals surface area contributed by atoms with Gasteiger partial charge in [-0.1, -0.05) is 23.9 Å². The third-order valence-corrected chi connectivity index (χ3v) is 3.87. The lowest BCUT2D eigenvalue weighted by Gasteiger charge is -2.06. The van der Waals surface area contributed by atoms with Crippen molar-refractivity contribution in [2.24, 2.45) is 7.05 Å². The zero-order valence-corrected chi connectivity index (χ0v) is 12.8. The summed E-state index contributed by atoms with van der Waals surface area (Å²) in [7, 11) is 1.79. The third kappa shape index (κ3) is 3.91. The van der Waals surface area contributed by atoms with Crippen LogP contribution in [0.3, 0.4) is 0 Å². The number of rotatable bonds is 7. The molecule has 1 aromatic heterocycles. The van der Waals surface area contributed by atoms with Gasteiger partial charge in [0, 0.05) is 20.0 Å². The first-order valence-corrected chi connectivity index (χ1v) is 7.59. The van der Waals surface area contributed by atoms with Crippen LogP contribution in [0.1, 0.15) is 16.2 Å². The van der Waals surface area contributed by atoms with Crippen molar-refractivity contribution in [3.63, 3.8) is 0 Å². The van der Waals surface area contributed by atoms with Crippen LogP contribution in [0, 0.1) is 5.82 Å². The lowest BCUT2D eigenvalue weighted by Crippen LogP contribution is -2.27. The van der Waals surface area contributed by atoms with Crippen LogP contribution in [0.5, 0.6) is 0 Å². The first-order chi connectivity index (χ1) is 10.6. The summed E-state index contributed by atoms with van der Waals surface area (Å²) >= 11 is 1.29. The summed E-state index contributed by atoms with van der Waals surface area (Å²) in [6.45, 7) is 0.317. The Morgan fingerprint density at radius 1 is 1.41 bits per heavy atom. The van der Waals surface area contributed by atoms with E-state index in [1.54, 1.807) is 17.7 Å². The molecule has 0 saturated heterocycles. The Morgan fingerprint density at radius 2 is 2.18 bits per heavy atom. The van der Waals surface area contributed by atoms with E-state index in [1.165, 1.54) is 30.0 Å². The number of nitrogens with one attached hydrogen (secondary N) is 1. The number of carbonyl (C=O) groups excluding carboxylic acids is 2. The second-order valence-electron chi connectivity index (χ2n) is 4.42. The van der Waals surface area contributed by atoms with Crippen molar-refractivity contribution in [1.29, 1.82) is 0 Å². The molecule has 1 heterocycles. The summed E-state index contributed by atoms with van der Waals surface area (Å²) < 4.78 is 15.2. The molecule has 0 radical (unpaired) electrons. The van der Waals surface area contributed by atoms with Crippen LogP contribution in [0.4, 0.5) is 4.39 Å². The van der Waals surface area contributed by atoms with E-state index in [9.17, 15) is 14.0 Å². The van der Waals surface area contributed by atoms with E-state index in [0.717, 1.165) is 6.29 Å². The monoisotopic (exact) mass is 322 g/mol. The molecule has 0 aliphatic rings. The van der Waals surface area contributed by atoms with Crippen molar-refractivity contribution in [2.45, 2.75) is 11.6 Å². The summed E-state index contributed by atoms with van der Waals surface area (Å²) in [5, 5.41) is 11.3. The summed E-state index contributed by atoms with van der Waals surface area (Å²) in [5.74, 6) is -0.0139. The molecule has 2 aromatic rings. The van der Waals surface area contributed by atoms with Gasteiger partial charge in [0.05, 0.1) is 11.3 Å². The maximum Gasteiger partial charge on any atom is 0.254 e. The fourth-order valence-electron chi connectivity index (χ4n) is 1.83. The summed E-state index contributed by atoms with van der Waals surface area (Å²) in [4.78, 5) is 22.2. The van der Waals surface area contributed by atoms with Crippen LogP contribution in [-0.4, -0.2) is 39.3 Å². The van der Waals surface area contributed by atoms with Gasteiger partial charge in [-0.2, -0.15) is 0 Å². The van der Waals surface area contributed by atoms with Crippen LogP contribution in [0.25, 0.3) is 0 Å². The van der Waals surface area contributed by atoms with Gasteiger partial charge in [-0.3, -0.25) is 4.79 Å². The first kappa shape index (κ1) is 16.2. The molecule has 1 aromatic carbocycles. The van der Waals surface area contributed by atoms with Crippen LogP contribution in [0.2, 0.25) is 0 Å². The SMILES string of the molecule is Cn1c(CCNC(=O)c2ccccc2F)nnc1SCC=O. The summed E-state index contributed by atoms with van der Waals surface area (Å²) in [6, 6.07) is 5.82. The molecule has 1 amide bonds. The highest BCUT2D eigenvalue weighted by Gasteiger charge is 2.12. The minimum atomic E-state index is -0.550. The van der Waals surface area contributed by atoms with E-state index in [4.69, 9.17) is 0 Å². The molecule has 0 unspecified atom stereocenters. The van der Waals surface area contributed by atoms with Crippen LogP contribution in [-0.2, 0) is 18.3 Å². The van der Waals surface area contributed by atoms with Gasteiger partial charge in [0.25, 0.3) is 5.91 Å². The van der Waals surface area contributed by atoms with E-state index < -0.39 is 11.7 Å². The smallest absolute Gasteiger partial charge is 0.254 e. The normalized spacial score (nSPS) is 10.5. The van der Waals surface area contributed by atoms with Crippen molar-refractivity contribution in [3.8, 4) is 0 Å². The second kappa shape index (κ2) is 7.69. The van der Waals surface area contributed by atoms with Gasteiger partial charge >= 0.3 is 0 Å². The number of aldehydes is 1. The predicted octanol–water partition coefficient (Wildman–Crippen LogP) is 1.22. The van der Waals surface area contributed by atoms with Gasteiger partial charge in [-0.25, -0.2) is 4.39 Å². The summed E-state index contributed by atoms with van der Waals surface area (Å²) in [6.07, 6.45) is 1.26. The van der Waals surface area contributed by atoms with Gasteiger partial charge in [0.15, 0.2) is 5.16 Å². The largest absolute Gasteiger partial charge is 0.351 e. The average Bonchev–Trinajstić information content (AvgIpc) is 2.86. The van der Waals surface area contributed by atoms with E-state index in [0.29, 0.717) is 29.7 Å². The Labute approximate surface area is 131 Å². The predicted molar refractivity (Wildman–Crippen MR) is 80.2 cm³/mol. The number of amides is 1. The number of thioether (sulfide) groups is 1. The Kier molecular flexibility index (Phi) is 5.65. The molecular weight excluding hydrogens is 307 g/mol. The molecule has 116 valence electrons. The number of halogens is 1.